The normalized spacial score (nSPS) is 24.5. The van der Waals surface area contributed by atoms with Crippen molar-refractivity contribution in [3.63, 3.8) is 0 Å². The van der Waals surface area contributed by atoms with Gasteiger partial charge in [-0.3, -0.25) is 9.59 Å². The first-order valence-electron chi connectivity index (χ1n) is 4.21. The maximum absolute atomic E-state index is 11.3. The van der Waals surface area contributed by atoms with Crippen LogP contribution in [0, 0.1) is 5.92 Å². The van der Waals surface area contributed by atoms with Gasteiger partial charge in [0.15, 0.2) is 5.12 Å². The summed E-state index contributed by atoms with van der Waals surface area (Å²) in [6, 6.07) is 0. The summed E-state index contributed by atoms with van der Waals surface area (Å²) in [5, 5.41) is 11.6. The van der Waals surface area contributed by atoms with E-state index in [1.807, 2.05) is 0 Å². The number of hydrogen-bond acceptors (Lipinski definition) is 4. The number of nitrogens with one attached hydrogen (secondary N) is 1. The quantitative estimate of drug-likeness (QED) is 0.664. The zero-order chi connectivity index (χ0) is 9.84. The van der Waals surface area contributed by atoms with Gasteiger partial charge >= 0.3 is 0 Å². The van der Waals surface area contributed by atoms with E-state index < -0.39 is 6.10 Å². The van der Waals surface area contributed by atoms with Crippen LogP contribution in [-0.2, 0) is 9.59 Å². The van der Waals surface area contributed by atoms with Gasteiger partial charge in [-0.2, -0.15) is 0 Å². The van der Waals surface area contributed by atoms with Gasteiger partial charge in [0, 0.05) is 18.7 Å². The summed E-state index contributed by atoms with van der Waals surface area (Å²) in [6.07, 6.45) is -0.204. The fourth-order valence-electron chi connectivity index (χ4n) is 1.07. The Kier molecular flexibility index (Phi) is 3.74. The molecular formula is C8H13NO3S. The lowest BCUT2D eigenvalue weighted by atomic mass is 10.1. The van der Waals surface area contributed by atoms with Gasteiger partial charge in [-0.25, -0.2) is 0 Å². The Balaban J connectivity index is 2.27. The highest BCUT2D eigenvalue weighted by atomic mass is 32.2. The van der Waals surface area contributed by atoms with E-state index in [1.54, 1.807) is 6.92 Å². The summed E-state index contributed by atoms with van der Waals surface area (Å²) in [6.45, 7) is 1.86. The van der Waals surface area contributed by atoms with Crippen molar-refractivity contribution in [3.05, 3.63) is 0 Å². The Morgan fingerprint density at radius 2 is 2.54 bits per heavy atom. The van der Waals surface area contributed by atoms with Gasteiger partial charge in [-0.15, -0.1) is 0 Å². The molecule has 13 heavy (non-hydrogen) atoms. The van der Waals surface area contributed by atoms with Crippen LogP contribution < -0.4 is 5.32 Å². The second-order valence-electron chi connectivity index (χ2n) is 3.18. The Morgan fingerprint density at radius 3 is 3.00 bits per heavy atom. The first kappa shape index (κ1) is 10.5. The van der Waals surface area contributed by atoms with Crippen molar-refractivity contribution in [1.29, 1.82) is 0 Å². The zero-order valence-electron chi connectivity index (χ0n) is 7.45. The van der Waals surface area contributed by atoms with Crippen molar-refractivity contribution in [2.24, 2.45) is 5.92 Å². The molecule has 1 amide bonds. The van der Waals surface area contributed by atoms with Crippen LogP contribution in [0.25, 0.3) is 0 Å². The number of carbonyl (C=O) groups excluding carboxylic acids is 2. The molecule has 2 N–H and O–H groups in total. The Morgan fingerprint density at radius 1 is 1.85 bits per heavy atom. The third-order valence-corrected chi connectivity index (χ3v) is 2.86. The minimum atomic E-state index is -0.534. The zero-order valence-corrected chi connectivity index (χ0v) is 8.26. The van der Waals surface area contributed by atoms with Gasteiger partial charge in [0.2, 0.25) is 5.91 Å². The van der Waals surface area contributed by atoms with E-state index in [0.717, 1.165) is 0 Å². The number of carbonyl (C=O) groups is 2. The average molecular weight is 203 g/mol. The molecular weight excluding hydrogens is 190 g/mol. The lowest BCUT2D eigenvalue weighted by Gasteiger charge is -2.10. The fourth-order valence-corrected chi connectivity index (χ4v) is 2.05. The van der Waals surface area contributed by atoms with Gasteiger partial charge in [-0.1, -0.05) is 11.8 Å². The van der Waals surface area contributed by atoms with E-state index >= 15 is 0 Å². The van der Waals surface area contributed by atoms with E-state index in [0.29, 0.717) is 12.2 Å². The summed E-state index contributed by atoms with van der Waals surface area (Å²) < 4.78 is 0. The number of rotatable bonds is 3. The maximum Gasteiger partial charge on any atom is 0.224 e. The van der Waals surface area contributed by atoms with Gasteiger partial charge in [-0.05, 0) is 6.92 Å². The van der Waals surface area contributed by atoms with Gasteiger partial charge in [0.1, 0.15) is 0 Å². The van der Waals surface area contributed by atoms with Gasteiger partial charge < -0.3 is 10.4 Å². The van der Waals surface area contributed by atoms with Crippen LogP contribution in [-0.4, -0.2) is 34.5 Å². The third-order valence-electron chi connectivity index (χ3n) is 1.80. The summed E-state index contributed by atoms with van der Waals surface area (Å²) in [5.41, 5.74) is 0. The summed E-state index contributed by atoms with van der Waals surface area (Å²) in [5.74, 6) is 0.250. The van der Waals surface area contributed by atoms with E-state index in [2.05, 4.69) is 5.32 Å². The molecule has 1 aliphatic rings. The lowest BCUT2D eigenvalue weighted by molar-refractivity contribution is -0.126. The molecule has 0 aliphatic carbocycles. The highest BCUT2D eigenvalue weighted by Gasteiger charge is 2.28. The number of amides is 1. The van der Waals surface area contributed by atoms with Crippen LogP contribution >= 0.6 is 11.8 Å². The molecule has 74 valence electrons. The third kappa shape index (κ3) is 3.36. The van der Waals surface area contributed by atoms with Crippen LogP contribution in [0.5, 0.6) is 0 Å². The molecule has 1 heterocycles. The first-order chi connectivity index (χ1) is 6.09. The predicted octanol–water partition coefficient (Wildman–Crippen LogP) is -0.237. The van der Waals surface area contributed by atoms with Crippen molar-refractivity contribution >= 4 is 22.8 Å². The van der Waals surface area contributed by atoms with E-state index in [1.165, 1.54) is 11.8 Å². The Labute approximate surface area is 81.1 Å². The highest BCUT2D eigenvalue weighted by Crippen LogP contribution is 2.25. The predicted molar refractivity (Wildman–Crippen MR) is 50.3 cm³/mol. The van der Waals surface area contributed by atoms with Crippen LogP contribution in [0.3, 0.4) is 0 Å². The highest BCUT2D eigenvalue weighted by molar-refractivity contribution is 8.14. The molecule has 0 aromatic heterocycles. The van der Waals surface area contributed by atoms with Crippen molar-refractivity contribution in [1.82, 2.24) is 5.32 Å². The molecule has 0 radical (unpaired) electrons. The molecule has 1 rings (SSSR count). The molecule has 4 nitrogen and oxygen atoms in total. The minimum absolute atomic E-state index is 0.0807. The number of hydrogen-bond donors (Lipinski definition) is 2. The van der Waals surface area contributed by atoms with E-state index in [-0.39, 0.29) is 23.5 Å². The minimum Gasteiger partial charge on any atom is -0.392 e. The van der Waals surface area contributed by atoms with E-state index in [9.17, 15) is 9.59 Å². The van der Waals surface area contributed by atoms with E-state index in [4.69, 9.17) is 5.11 Å². The second kappa shape index (κ2) is 4.62. The Hall–Kier alpha value is -0.550. The van der Waals surface area contributed by atoms with Gasteiger partial charge in [0.05, 0.1) is 12.0 Å². The van der Waals surface area contributed by atoms with Crippen LogP contribution in [0.2, 0.25) is 0 Å². The monoisotopic (exact) mass is 203 g/mol. The number of aliphatic hydroxyl groups is 1. The number of thioether (sulfide) groups is 1. The average Bonchev–Trinajstić information content (AvgIpc) is 2.47. The topological polar surface area (TPSA) is 66.4 Å². The largest absolute Gasteiger partial charge is 0.392 e. The second-order valence-corrected chi connectivity index (χ2v) is 4.26. The molecule has 2 atom stereocenters. The molecule has 0 aromatic rings. The lowest BCUT2D eigenvalue weighted by Crippen LogP contribution is -2.35. The van der Waals surface area contributed by atoms with Crippen LogP contribution in [0.4, 0.5) is 0 Å². The van der Waals surface area contributed by atoms with Crippen molar-refractivity contribution in [2.75, 3.05) is 12.3 Å². The molecule has 0 aromatic carbocycles. The molecule has 1 aliphatic heterocycles. The van der Waals surface area contributed by atoms with Crippen LogP contribution in [0.1, 0.15) is 13.3 Å². The van der Waals surface area contributed by atoms with Crippen molar-refractivity contribution < 1.29 is 14.7 Å². The van der Waals surface area contributed by atoms with Crippen molar-refractivity contribution in [3.8, 4) is 0 Å². The Bertz CT molecular complexity index is 217. The molecule has 5 heteroatoms. The molecule has 0 saturated carbocycles. The first-order valence-corrected chi connectivity index (χ1v) is 5.19. The fraction of sp³-hybridized carbons (Fsp3) is 0.750. The molecule has 1 saturated heterocycles. The van der Waals surface area contributed by atoms with Gasteiger partial charge in [0.25, 0.3) is 0 Å². The maximum atomic E-state index is 11.3. The van der Waals surface area contributed by atoms with Crippen LogP contribution in [0.15, 0.2) is 0 Å². The molecule has 1 fully saturated rings. The summed E-state index contributed by atoms with van der Waals surface area (Å²) >= 11 is 1.21. The smallest absolute Gasteiger partial charge is 0.224 e. The molecule has 1 unspecified atom stereocenters. The molecule has 0 bridgehead atoms. The number of aliphatic hydroxyl groups excluding tert-OH is 1. The summed E-state index contributed by atoms with van der Waals surface area (Å²) in [7, 11) is 0. The van der Waals surface area contributed by atoms with Crippen molar-refractivity contribution in [2.45, 2.75) is 19.4 Å². The molecule has 0 spiro atoms. The summed E-state index contributed by atoms with van der Waals surface area (Å²) in [4.78, 5) is 22.1. The standard InChI is InChI=1S/C8H13NO3S/c1-5(10)3-9-8(12)6-2-7(11)13-4-6/h5-6,10H,2-4H2,1H3,(H,9,12)/t5-,6?/m0/s1. The SMILES string of the molecule is C[C@H](O)CNC(=O)C1CSC(=O)C1.